The lowest BCUT2D eigenvalue weighted by atomic mass is 9.85. The fraction of sp³-hybridized carbons (Fsp3) is 0.333. The Balaban J connectivity index is 2.12. The van der Waals surface area contributed by atoms with E-state index < -0.39 is 5.97 Å². The highest BCUT2D eigenvalue weighted by molar-refractivity contribution is 5.94. The van der Waals surface area contributed by atoms with E-state index >= 15 is 0 Å². The van der Waals surface area contributed by atoms with Crippen molar-refractivity contribution in [1.82, 2.24) is 0 Å². The average molecular weight is 259 g/mol. The molecule has 0 saturated heterocycles. The maximum Gasteiger partial charge on any atom is 0.328 e. The summed E-state index contributed by atoms with van der Waals surface area (Å²) in [5, 5.41) is 11.5. The fourth-order valence-electron chi connectivity index (χ4n) is 1.95. The number of amides is 1. The molecule has 2 N–H and O–H groups in total. The number of nitrogens with one attached hydrogen (secondary N) is 1. The van der Waals surface area contributed by atoms with Gasteiger partial charge >= 0.3 is 5.97 Å². The molecule has 1 aliphatic carbocycles. The first-order chi connectivity index (χ1) is 9.06. The Morgan fingerprint density at radius 3 is 2.68 bits per heavy atom. The molecule has 4 heteroatoms. The van der Waals surface area contributed by atoms with Crippen LogP contribution in [0.2, 0.25) is 0 Å². The lowest BCUT2D eigenvalue weighted by molar-refractivity contribution is -0.131. The van der Waals surface area contributed by atoms with E-state index in [9.17, 15) is 9.59 Å². The van der Waals surface area contributed by atoms with Crippen LogP contribution in [0.15, 0.2) is 24.3 Å². The van der Waals surface area contributed by atoms with Gasteiger partial charge in [-0.25, -0.2) is 4.79 Å². The maximum atomic E-state index is 11.9. The van der Waals surface area contributed by atoms with Crippen LogP contribution in [0.25, 0.3) is 6.08 Å². The van der Waals surface area contributed by atoms with Crippen LogP contribution in [0.1, 0.15) is 30.4 Å². The minimum atomic E-state index is -0.986. The monoisotopic (exact) mass is 259 g/mol. The molecule has 0 radical (unpaired) electrons. The lowest BCUT2D eigenvalue weighted by Crippen LogP contribution is -2.28. The van der Waals surface area contributed by atoms with Gasteiger partial charge in [-0.1, -0.05) is 18.6 Å². The Morgan fingerprint density at radius 2 is 2.11 bits per heavy atom. The third-order valence-electron chi connectivity index (χ3n) is 3.41. The molecule has 0 heterocycles. The van der Waals surface area contributed by atoms with Gasteiger partial charge in [-0.15, -0.1) is 0 Å². The molecule has 4 nitrogen and oxygen atoms in total. The second kappa shape index (κ2) is 5.69. The number of benzene rings is 1. The molecule has 0 bridgehead atoms. The van der Waals surface area contributed by atoms with Gasteiger partial charge in [0.2, 0.25) is 5.91 Å². The van der Waals surface area contributed by atoms with Gasteiger partial charge in [0, 0.05) is 17.7 Å². The predicted molar refractivity (Wildman–Crippen MR) is 73.8 cm³/mol. The lowest BCUT2D eigenvalue weighted by Gasteiger charge is -2.24. The second-order valence-corrected chi connectivity index (χ2v) is 4.86. The molecule has 0 aliphatic heterocycles. The van der Waals surface area contributed by atoms with Crippen molar-refractivity contribution < 1.29 is 14.7 Å². The Morgan fingerprint density at radius 1 is 1.37 bits per heavy atom. The number of hydrogen-bond acceptors (Lipinski definition) is 2. The summed E-state index contributed by atoms with van der Waals surface area (Å²) >= 11 is 0. The molecule has 1 aromatic rings. The van der Waals surface area contributed by atoms with Gasteiger partial charge in [0.25, 0.3) is 0 Å². The van der Waals surface area contributed by atoms with Crippen molar-refractivity contribution in [3.8, 4) is 0 Å². The van der Waals surface area contributed by atoms with E-state index in [-0.39, 0.29) is 11.8 Å². The number of carboxylic acid groups (broad SMARTS) is 1. The molecule has 1 amide bonds. The molecule has 0 aromatic heterocycles. The van der Waals surface area contributed by atoms with Gasteiger partial charge in [-0.2, -0.15) is 0 Å². The molecule has 1 aromatic carbocycles. The second-order valence-electron chi connectivity index (χ2n) is 4.86. The number of carboxylic acids is 1. The van der Waals surface area contributed by atoms with Crippen molar-refractivity contribution in [3.63, 3.8) is 0 Å². The van der Waals surface area contributed by atoms with Crippen molar-refractivity contribution in [2.75, 3.05) is 5.32 Å². The maximum absolute atomic E-state index is 11.9. The highest BCUT2D eigenvalue weighted by Gasteiger charge is 2.25. The van der Waals surface area contributed by atoms with Crippen molar-refractivity contribution in [1.29, 1.82) is 0 Å². The van der Waals surface area contributed by atoms with E-state index in [0.717, 1.165) is 42.2 Å². The first-order valence-electron chi connectivity index (χ1n) is 6.39. The standard InChI is InChI=1S/C15H17NO3/c1-10-5-6-11(7-8-14(17)18)9-13(10)16-15(19)12-3-2-4-12/h5-9,12H,2-4H2,1H3,(H,16,19)(H,17,18). The molecule has 0 unspecified atom stereocenters. The molecule has 2 rings (SSSR count). The first-order valence-corrected chi connectivity index (χ1v) is 6.39. The van der Waals surface area contributed by atoms with Crippen molar-refractivity contribution in [2.45, 2.75) is 26.2 Å². The molecule has 1 fully saturated rings. The minimum absolute atomic E-state index is 0.0636. The van der Waals surface area contributed by atoms with Crippen molar-refractivity contribution >= 4 is 23.6 Å². The third-order valence-corrected chi connectivity index (χ3v) is 3.41. The zero-order chi connectivity index (χ0) is 13.8. The SMILES string of the molecule is Cc1ccc(C=CC(=O)O)cc1NC(=O)C1CCC1. The number of anilines is 1. The van der Waals surface area contributed by atoms with Crippen LogP contribution < -0.4 is 5.32 Å². The number of carbonyl (C=O) groups is 2. The van der Waals surface area contributed by atoms with Gasteiger partial charge in [0.05, 0.1) is 0 Å². The molecule has 100 valence electrons. The molecular formula is C15H17NO3. The fourth-order valence-corrected chi connectivity index (χ4v) is 1.95. The van der Waals surface area contributed by atoms with E-state index in [1.165, 1.54) is 6.08 Å². The van der Waals surface area contributed by atoms with Crippen LogP contribution in [0, 0.1) is 12.8 Å². The van der Waals surface area contributed by atoms with E-state index in [1.54, 1.807) is 6.07 Å². The van der Waals surface area contributed by atoms with E-state index in [0.29, 0.717) is 0 Å². The summed E-state index contributed by atoms with van der Waals surface area (Å²) < 4.78 is 0. The summed E-state index contributed by atoms with van der Waals surface area (Å²) in [5.41, 5.74) is 2.49. The quantitative estimate of drug-likeness (QED) is 0.817. The molecule has 1 saturated carbocycles. The summed E-state index contributed by atoms with van der Waals surface area (Å²) in [6.07, 6.45) is 5.65. The summed E-state index contributed by atoms with van der Waals surface area (Å²) in [7, 11) is 0. The Hall–Kier alpha value is -2.10. The molecule has 0 spiro atoms. The number of rotatable bonds is 4. The smallest absolute Gasteiger partial charge is 0.328 e. The van der Waals surface area contributed by atoms with E-state index in [2.05, 4.69) is 5.32 Å². The van der Waals surface area contributed by atoms with Crippen LogP contribution in [-0.4, -0.2) is 17.0 Å². The first kappa shape index (κ1) is 13.3. The van der Waals surface area contributed by atoms with Crippen LogP contribution in [0.5, 0.6) is 0 Å². The summed E-state index contributed by atoms with van der Waals surface area (Å²) in [6, 6.07) is 5.50. The van der Waals surface area contributed by atoms with Crippen molar-refractivity contribution in [3.05, 3.63) is 35.4 Å². The van der Waals surface area contributed by atoms with Crippen LogP contribution in [-0.2, 0) is 9.59 Å². The van der Waals surface area contributed by atoms with Crippen LogP contribution in [0.3, 0.4) is 0 Å². The van der Waals surface area contributed by atoms with Gasteiger partial charge in [0.15, 0.2) is 0 Å². The molecule has 19 heavy (non-hydrogen) atoms. The van der Waals surface area contributed by atoms with Crippen LogP contribution >= 0.6 is 0 Å². The van der Waals surface area contributed by atoms with E-state index in [4.69, 9.17) is 5.11 Å². The number of aliphatic carboxylic acids is 1. The Bertz CT molecular complexity index is 530. The highest BCUT2D eigenvalue weighted by Crippen LogP contribution is 2.28. The highest BCUT2D eigenvalue weighted by atomic mass is 16.4. The van der Waals surface area contributed by atoms with Gasteiger partial charge in [-0.05, 0) is 43.0 Å². The third kappa shape index (κ3) is 3.44. The largest absolute Gasteiger partial charge is 0.478 e. The Labute approximate surface area is 112 Å². The summed E-state index contributed by atoms with van der Waals surface area (Å²) in [4.78, 5) is 22.4. The topological polar surface area (TPSA) is 66.4 Å². The van der Waals surface area contributed by atoms with Gasteiger partial charge < -0.3 is 10.4 Å². The predicted octanol–water partition coefficient (Wildman–Crippen LogP) is 2.83. The molecule has 1 aliphatic rings. The average Bonchev–Trinajstić information content (AvgIpc) is 2.27. The number of carbonyl (C=O) groups excluding carboxylic acids is 1. The summed E-state index contributed by atoms with van der Waals surface area (Å²) in [5.74, 6) is -0.785. The minimum Gasteiger partial charge on any atom is -0.478 e. The van der Waals surface area contributed by atoms with E-state index in [1.807, 2.05) is 19.1 Å². The Kier molecular flexibility index (Phi) is 4.00. The van der Waals surface area contributed by atoms with Gasteiger partial charge in [-0.3, -0.25) is 4.79 Å². The zero-order valence-corrected chi connectivity index (χ0v) is 10.8. The van der Waals surface area contributed by atoms with Gasteiger partial charge in [0.1, 0.15) is 0 Å². The number of hydrogen-bond donors (Lipinski definition) is 2. The molecule has 0 atom stereocenters. The normalized spacial score (nSPS) is 15.2. The zero-order valence-electron chi connectivity index (χ0n) is 10.8. The summed E-state index contributed by atoms with van der Waals surface area (Å²) in [6.45, 7) is 1.92. The van der Waals surface area contributed by atoms with Crippen LogP contribution in [0.4, 0.5) is 5.69 Å². The number of aryl methyl sites for hydroxylation is 1. The van der Waals surface area contributed by atoms with Crippen molar-refractivity contribution in [2.24, 2.45) is 5.92 Å². The molecular weight excluding hydrogens is 242 g/mol.